The fraction of sp³-hybridized carbons (Fsp3) is 0.136. The second-order valence-corrected chi connectivity index (χ2v) is 6.36. The highest BCUT2D eigenvalue weighted by atomic mass is 19.1. The van der Waals surface area contributed by atoms with Crippen molar-refractivity contribution in [1.82, 2.24) is 0 Å². The number of rotatable bonds is 3. The summed E-state index contributed by atoms with van der Waals surface area (Å²) in [7, 11) is 0. The van der Waals surface area contributed by atoms with Gasteiger partial charge in [-0.3, -0.25) is 5.01 Å². The van der Waals surface area contributed by atoms with Crippen molar-refractivity contribution in [3.8, 4) is 0 Å². The van der Waals surface area contributed by atoms with Crippen molar-refractivity contribution in [3.05, 3.63) is 101 Å². The highest BCUT2D eigenvalue weighted by Crippen LogP contribution is 2.36. The molecule has 0 radical (unpaired) electrons. The molecule has 1 aliphatic heterocycles. The molecule has 1 atom stereocenters. The third kappa shape index (κ3) is 3.18. The summed E-state index contributed by atoms with van der Waals surface area (Å²) in [5.74, 6) is -0.215. The Balaban J connectivity index is 1.73. The lowest BCUT2D eigenvalue weighted by molar-refractivity contribution is 0.624. The SMILES string of the molecule is Cc1ccc(C2=NN(c3ccccc3)[C@@H](c3ccc(F)cc3)C2)cc1. The van der Waals surface area contributed by atoms with E-state index in [2.05, 4.69) is 43.3 Å². The van der Waals surface area contributed by atoms with E-state index in [0.29, 0.717) is 0 Å². The van der Waals surface area contributed by atoms with E-state index >= 15 is 0 Å². The molecule has 0 bridgehead atoms. The maximum atomic E-state index is 13.3. The fourth-order valence-electron chi connectivity index (χ4n) is 3.19. The number of anilines is 1. The molecule has 1 heterocycles. The van der Waals surface area contributed by atoms with Crippen molar-refractivity contribution in [2.24, 2.45) is 5.10 Å². The molecule has 124 valence electrons. The van der Waals surface area contributed by atoms with Crippen LogP contribution in [0.2, 0.25) is 0 Å². The predicted octanol–water partition coefficient (Wildman–Crippen LogP) is 5.49. The molecule has 0 aliphatic carbocycles. The first kappa shape index (κ1) is 15.6. The summed E-state index contributed by atoms with van der Waals surface area (Å²) in [5.41, 5.74) is 5.53. The van der Waals surface area contributed by atoms with Gasteiger partial charge in [0.15, 0.2) is 0 Å². The molecule has 0 saturated heterocycles. The van der Waals surface area contributed by atoms with E-state index in [1.807, 2.05) is 35.3 Å². The number of benzene rings is 3. The minimum atomic E-state index is -0.215. The zero-order valence-corrected chi connectivity index (χ0v) is 14.1. The summed E-state index contributed by atoms with van der Waals surface area (Å²) in [5, 5.41) is 6.94. The number of para-hydroxylation sites is 1. The predicted molar refractivity (Wildman–Crippen MR) is 100 cm³/mol. The Morgan fingerprint density at radius 1 is 0.880 bits per heavy atom. The topological polar surface area (TPSA) is 15.6 Å². The van der Waals surface area contributed by atoms with Gasteiger partial charge in [-0.1, -0.05) is 60.2 Å². The summed E-state index contributed by atoms with van der Waals surface area (Å²) >= 11 is 0. The summed E-state index contributed by atoms with van der Waals surface area (Å²) < 4.78 is 13.3. The van der Waals surface area contributed by atoms with Crippen molar-refractivity contribution in [2.75, 3.05) is 5.01 Å². The van der Waals surface area contributed by atoms with Gasteiger partial charge in [0.2, 0.25) is 0 Å². The average Bonchev–Trinajstić information content (AvgIpc) is 3.09. The molecule has 0 aromatic heterocycles. The smallest absolute Gasteiger partial charge is 0.123 e. The van der Waals surface area contributed by atoms with Crippen LogP contribution in [-0.2, 0) is 0 Å². The summed E-state index contributed by atoms with van der Waals surface area (Å²) in [4.78, 5) is 0. The van der Waals surface area contributed by atoms with Crippen molar-refractivity contribution in [3.63, 3.8) is 0 Å². The summed E-state index contributed by atoms with van der Waals surface area (Å²) in [6, 6.07) is 25.4. The molecule has 1 aliphatic rings. The molecule has 3 heteroatoms. The van der Waals surface area contributed by atoms with Crippen LogP contribution in [0.15, 0.2) is 84.0 Å². The van der Waals surface area contributed by atoms with Gasteiger partial charge in [0.25, 0.3) is 0 Å². The largest absolute Gasteiger partial charge is 0.257 e. The van der Waals surface area contributed by atoms with E-state index in [1.54, 1.807) is 0 Å². The van der Waals surface area contributed by atoms with E-state index in [9.17, 15) is 4.39 Å². The van der Waals surface area contributed by atoms with Crippen LogP contribution in [0, 0.1) is 12.7 Å². The summed E-state index contributed by atoms with van der Waals surface area (Å²) in [6.07, 6.45) is 0.795. The maximum Gasteiger partial charge on any atom is 0.123 e. The molecule has 0 saturated carbocycles. The minimum Gasteiger partial charge on any atom is -0.257 e. The van der Waals surface area contributed by atoms with Crippen molar-refractivity contribution in [2.45, 2.75) is 19.4 Å². The number of aryl methyl sites for hydroxylation is 1. The fourth-order valence-corrected chi connectivity index (χ4v) is 3.19. The van der Waals surface area contributed by atoms with Gasteiger partial charge < -0.3 is 0 Å². The van der Waals surface area contributed by atoms with Gasteiger partial charge >= 0.3 is 0 Å². The first-order valence-corrected chi connectivity index (χ1v) is 8.45. The van der Waals surface area contributed by atoms with Gasteiger partial charge in [0.1, 0.15) is 5.82 Å². The third-order valence-corrected chi connectivity index (χ3v) is 4.57. The molecule has 0 fully saturated rings. The second-order valence-electron chi connectivity index (χ2n) is 6.36. The Kier molecular flexibility index (Phi) is 4.06. The molecule has 2 nitrogen and oxygen atoms in total. The number of hydrogen-bond donors (Lipinski definition) is 0. The highest BCUT2D eigenvalue weighted by molar-refractivity contribution is 6.03. The third-order valence-electron chi connectivity index (χ3n) is 4.57. The lowest BCUT2D eigenvalue weighted by Gasteiger charge is -2.23. The number of halogens is 1. The number of hydrogen-bond acceptors (Lipinski definition) is 2. The Morgan fingerprint density at radius 2 is 1.56 bits per heavy atom. The number of nitrogens with zero attached hydrogens (tertiary/aromatic N) is 2. The molecule has 3 aromatic carbocycles. The van der Waals surface area contributed by atoms with Crippen LogP contribution in [0.3, 0.4) is 0 Å². The van der Waals surface area contributed by atoms with Crippen LogP contribution < -0.4 is 5.01 Å². The molecule has 0 N–H and O–H groups in total. The van der Waals surface area contributed by atoms with Crippen LogP contribution in [0.5, 0.6) is 0 Å². The van der Waals surface area contributed by atoms with Gasteiger partial charge in [-0.05, 0) is 42.3 Å². The second kappa shape index (κ2) is 6.52. The molecule has 25 heavy (non-hydrogen) atoms. The van der Waals surface area contributed by atoms with Crippen molar-refractivity contribution >= 4 is 11.4 Å². The lowest BCUT2D eigenvalue weighted by atomic mass is 9.98. The van der Waals surface area contributed by atoms with E-state index < -0.39 is 0 Å². The van der Waals surface area contributed by atoms with Crippen LogP contribution in [0.25, 0.3) is 0 Å². The van der Waals surface area contributed by atoms with Crippen LogP contribution in [0.1, 0.15) is 29.2 Å². The van der Waals surface area contributed by atoms with E-state index in [0.717, 1.165) is 28.9 Å². The Hall–Kier alpha value is -2.94. The average molecular weight is 330 g/mol. The minimum absolute atomic E-state index is 0.0688. The zero-order chi connectivity index (χ0) is 17.2. The first-order chi connectivity index (χ1) is 12.2. The monoisotopic (exact) mass is 330 g/mol. The first-order valence-electron chi connectivity index (χ1n) is 8.45. The van der Waals surface area contributed by atoms with Crippen LogP contribution >= 0.6 is 0 Å². The molecule has 0 spiro atoms. The van der Waals surface area contributed by atoms with Gasteiger partial charge in [-0.15, -0.1) is 0 Å². The molecule has 3 aromatic rings. The van der Waals surface area contributed by atoms with E-state index in [-0.39, 0.29) is 11.9 Å². The van der Waals surface area contributed by atoms with Gasteiger partial charge in [-0.25, -0.2) is 4.39 Å². The Bertz CT molecular complexity index is 884. The molecular weight excluding hydrogens is 311 g/mol. The Morgan fingerprint density at radius 3 is 2.24 bits per heavy atom. The highest BCUT2D eigenvalue weighted by Gasteiger charge is 2.29. The van der Waals surface area contributed by atoms with Crippen molar-refractivity contribution in [1.29, 1.82) is 0 Å². The lowest BCUT2D eigenvalue weighted by Crippen LogP contribution is -2.18. The van der Waals surface area contributed by atoms with E-state index in [4.69, 9.17) is 5.10 Å². The molecule has 0 amide bonds. The van der Waals surface area contributed by atoms with Gasteiger partial charge in [0, 0.05) is 6.42 Å². The summed E-state index contributed by atoms with van der Waals surface area (Å²) in [6.45, 7) is 2.08. The number of hydrazone groups is 1. The van der Waals surface area contributed by atoms with E-state index in [1.165, 1.54) is 17.7 Å². The van der Waals surface area contributed by atoms with Crippen LogP contribution in [0.4, 0.5) is 10.1 Å². The Labute approximate surface area is 147 Å². The van der Waals surface area contributed by atoms with Crippen LogP contribution in [-0.4, -0.2) is 5.71 Å². The molecule has 0 unspecified atom stereocenters. The standard InChI is InChI=1S/C22H19FN2/c1-16-7-9-17(10-8-16)21-15-22(18-11-13-19(23)14-12-18)25(24-21)20-5-3-2-4-6-20/h2-14,22H,15H2,1H3/t22-/m1/s1. The van der Waals surface area contributed by atoms with Gasteiger partial charge in [-0.2, -0.15) is 5.10 Å². The quantitative estimate of drug-likeness (QED) is 0.620. The van der Waals surface area contributed by atoms with Gasteiger partial charge in [0.05, 0.1) is 17.4 Å². The zero-order valence-electron chi connectivity index (χ0n) is 14.1. The normalized spacial score (nSPS) is 16.8. The molecule has 4 rings (SSSR count). The molecular formula is C22H19FN2. The van der Waals surface area contributed by atoms with Crippen molar-refractivity contribution < 1.29 is 4.39 Å². The maximum absolute atomic E-state index is 13.3.